The molecule has 2 N–H and O–H groups in total. The van der Waals surface area contributed by atoms with E-state index >= 15 is 0 Å². The lowest BCUT2D eigenvalue weighted by Gasteiger charge is -2.37. The second-order valence-electron chi connectivity index (χ2n) is 8.93. The average molecular weight is 417 g/mol. The molecule has 0 bridgehead atoms. The number of hydrogen-bond acceptors (Lipinski definition) is 5. The van der Waals surface area contributed by atoms with E-state index in [1.54, 1.807) is 11.3 Å². The number of carboxylic acids is 1. The summed E-state index contributed by atoms with van der Waals surface area (Å²) >= 11 is 1.59. The van der Waals surface area contributed by atoms with E-state index < -0.39 is 5.97 Å². The smallest absolute Gasteiger partial charge is 0.304 e. The van der Waals surface area contributed by atoms with E-state index in [4.69, 9.17) is 9.84 Å². The SMILES string of the molecule is CC(C)(C)[C@H]1CC[C@H](Oc2cccc(-c3csc(CNCCC(=O)O)n3)c2)CC1. The van der Waals surface area contributed by atoms with Gasteiger partial charge in [0, 0.05) is 24.0 Å². The molecule has 1 saturated carbocycles. The van der Waals surface area contributed by atoms with Crippen molar-refractivity contribution in [2.24, 2.45) is 11.3 Å². The monoisotopic (exact) mass is 416 g/mol. The molecule has 0 atom stereocenters. The molecular weight excluding hydrogens is 384 g/mol. The molecule has 1 fully saturated rings. The first kappa shape index (κ1) is 21.8. The van der Waals surface area contributed by atoms with Gasteiger partial charge in [0.2, 0.25) is 0 Å². The van der Waals surface area contributed by atoms with Gasteiger partial charge in [-0.2, -0.15) is 0 Å². The Bertz CT molecular complexity index is 804. The summed E-state index contributed by atoms with van der Waals surface area (Å²) in [5, 5.41) is 14.8. The molecule has 1 aromatic carbocycles. The Balaban J connectivity index is 1.54. The lowest BCUT2D eigenvalue weighted by Crippen LogP contribution is -2.30. The van der Waals surface area contributed by atoms with Crippen LogP contribution in [0.5, 0.6) is 5.75 Å². The van der Waals surface area contributed by atoms with E-state index in [0.29, 0.717) is 24.6 Å². The van der Waals surface area contributed by atoms with Crippen LogP contribution in [0, 0.1) is 11.3 Å². The Kier molecular flexibility index (Phi) is 7.30. The third-order valence-corrected chi connectivity index (χ3v) is 6.52. The van der Waals surface area contributed by atoms with Gasteiger partial charge >= 0.3 is 5.97 Å². The van der Waals surface area contributed by atoms with Crippen molar-refractivity contribution in [1.82, 2.24) is 10.3 Å². The van der Waals surface area contributed by atoms with Gasteiger partial charge in [0.15, 0.2) is 0 Å². The van der Waals surface area contributed by atoms with E-state index in [1.807, 2.05) is 17.5 Å². The highest BCUT2D eigenvalue weighted by molar-refractivity contribution is 7.09. The lowest BCUT2D eigenvalue weighted by molar-refractivity contribution is -0.136. The highest BCUT2D eigenvalue weighted by atomic mass is 32.1. The number of carboxylic acid groups (broad SMARTS) is 1. The zero-order valence-corrected chi connectivity index (χ0v) is 18.4. The first-order valence-corrected chi connectivity index (χ1v) is 11.3. The molecular formula is C23H32N2O3S. The molecule has 1 aliphatic rings. The number of nitrogens with one attached hydrogen (secondary N) is 1. The minimum absolute atomic E-state index is 0.120. The molecule has 158 valence electrons. The lowest BCUT2D eigenvalue weighted by atomic mass is 9.72. The first-order valence-electron chi connectivity index (χ1n) is 10.5. The van der Waals surface area contributed by atoms with Crippen LogP contribution in [0.3, 0.4) is 0 Å². The second kappa shape index (κ2) is 9.72. The van der Waals surface area contributed by atoms with Crippen molar-refractivity contribution in [3.63, 3.8) is 0 Å². The Hall–Kier alpha value is -1.92. The zero-order valence-electron chi connectivity index (χ0n) is 17.6. The largest absolute Gasteiger partial charge is 0.490 e. The molecule has 1 aromatic heterocycles. The fourth-order valence-corrected chi connectivity index (χ4v) is 4.66. The van der Waals surface area contributed by atoms with E-state index in [-0.39, 0.29) is 6.42 Å². The van der Waals surface area contributed by atoms with Crippen LogP contribution < -0.4 is 10.1 Å². The maximum atomic E-state index is 10.6. The number of rotatable bonds is 8. The van der Waals surface area contributed by atoms with Gasteiger partial charge in [-0.25, -0.2) is 4.98 Å². The molecule has 0 radical (unpaired) electrons. The van der Waals surface area contributed by atoms with Gasteiger partial charge in [0.25, 0.3) is 0 Å². The van der Waals surface area contributed by atoms with Crippen molar-refractivity contribution in [3.05, 3.63) is 34.7 Å². The van der Waals surface area contributed by atoms with E-state index in [9.17, 15) is 4.79 Å². The first-order chi connectivity index (χ1) is 13.8. The fraction of sp³-hybridized carbons (Fsp3) is 0.565. The molecule has 2 aromatic rings. The van der Waals surface area contributed by atoms with Crippen molar-refractivity contribution in [2.75, 3.05) is 6.54 Å². The predicted molar refractivity (Wildman–Crippen MR) is 117 cm³/mol. The van der Waals surface area contributed by atoms with Gasteiger partial charge in [-0.05, 0) is 49.1 Å². The van der Waals surface area contributed by atoms with Crippen LogP contribution in [0.4, 0.5) is 0 Å². The summed E-state index contributed by atoms with van der Waals surface area (Å²) in [6.07, 6.45) is 5.13. The summed E-state index contributed by atoms with van der Waals surface area (Å²) in [6.45, 7) is 8.06. The fourth-order valence-electron chi connectivity index (χ4n) is 3.88. The second-order valence-corrected chi connectivity index (χ2v) is 9.87. The zero-order chi connectivity index (χ0) is 20.9. The number of nitrogens with zero attached hydrogens (tertiary/aromatic N) is 1. The Morgan fingerprint density at radius 1 is 1.28 bits per heavy atom. The minimum atomic E-state index is -0.791. The summed E-state index contributed by atoms with van der Waals surface area (Å²) < 4.78 is 6.29. The summed E-state index contributed by atoms with van der Waals surface area (Å²) in [6, 6.07) is 8.18. The van der Waals surface area contributed by atoms with Gasteiger partial charge in [-0.3, -0.25) is 4.79 Å². The average Bonchev–Trinajstić information content (AvgIpc) is 3.14. The topological polar surface area (TPSA) is 71.5 Å². The van der Waals surface area contributed by atoms with Crippen LogP contribution in [0.25, 0.3) is 11.3 Å². The van der Waals surface area contributed by atoms with Gasteiger partial charge in [-0.1, -0.05) is 32.9 Å². The third-order valence-electron chi connectivity index (χ3n) is 5.68. The van der Waals surface area contributed by atoms with Gasteiger partial charge < -0.3 is 15.2 Å². The van der Waals surface area contributed by atoms with Crippen molar-refractivity contribution in [1.29, 1.82) is 0 Å². The third kappa shape index (κ3) is 6.54. The van der Waals surface area contributed by atoms with E-state index in [2.05, 4.69) is 43.2 Å². The summed E-state index contributed by atoms with van der Waals surface area (Å²) in [5.41, 5.74) is 2.38. The van der Waals surface area contributed by atoms with Gasteiger partial charge in [-0.15, -0.1) is 11.3 Å². The maximum absolute atomic E-state index is 10.6. The molecule has 0 unspecified atom stereocenters. The molecule has 5 nitrogen and oxygen atoms in total. The molecule has 1 heterocycles. The van der Waals surface area contributed by atoms with Crippen LogP contribution in [-0.2, 0) is 11.3 Å². The normalized spacial score (nSPS) is 19.8. The Morgan fingerprint density at radius 2 is 2.03 bits per heavy atom. The van der Waals surface area contributed by atoms with Crippen LogP contribution in [0.2, 0.25) is 0 Å². The molecule has 29 heavy (non-hydrogen) atoms. The quantitative estimate of drug-likeness (QED) is 0.567. The highest BCUT2D eigenvalue weighted by Crippen LogP contribution is 2.39. The molecule has 0 saturated heterocycles. The summed E-state index contributed by atoms with van der Waals surface area (Å²) in [5.74, 6) is 0.906. The minimum Gasteiger partial charge on any atom is -0.490 e. The molecule has 6 heteroatoms. The van der Waals surface area contributed by atoms with Crippen molar-refractivity contribution >= 4 is 17.3 Å². The number of ether oxygens (including phenoxy) is 1. The van der Waals surface area contributed by atoms with Crippen molar-refractivity contribution < 1.29 is 14.6 Å². The maximum Gasteiger partial charge on any atom is 0.304 e. The number of benzene rings is 1. The molecule has 1 aliphatic carbocycles. The molecule has 0 aliphatic heterocycles. The summed E-state index contributed by atoms with van der Waals surface area (Å²) in [4.78, 5) is 15.2. The number of carbonyl (C=O) groups is 1. The Morgan fingerprint density at radius 3 is 2.72 bits per heavy atom. The van der Waals surface area contributed by atoms with Crippen LogP contribution in [0.15, 0.2) is 29.6 Å². The van der Waals surface area contributed by atoms with Crippen molar-refractivity contribution in [3.8, 4) is 17.0 Å². The van der Waals surface area contributed by atoms with E-state index in [1.165, 1.54) is 12.8 Å². The number of aromatic nitrogens is 1. The number of hydrogen-bond donors (Lipinski definition) is 2. The number of aliphatic carboxylic acids is 1. The Labute approximate surface area is 177 Å². The van der Waals surface area contributed by atoms with Gasteiger partial charge in [0.05, 0.1) is 18.2 Å². The van der Waals surface area contributed by atoms with Gasteiger partial charge in [0.1, 0.15) is 10.8 Å². The summed E-state index contributed by atoms with van der Waals surface area (Å²) in [7, 11) is 0. The highest BCUT2D eigenvalue weighted by Gasteiger charge is 2.30. The number of thiazole rings is 1. The molecule has 3 rings (SSSR count). The van der Waals surface area contributed by atoms with Crippen molar-refractivity contribution in [2.45, 2.75) is 65.5 Å². The molecule has 0 amide bonds. The predicted octanol–water partition coefficient (Wildman–Crippen LogP) is 5.36. The van der Waals surface area contributed by atoms with Crippen LogP contribution >= 0.6 is 11.3 Å². The van der Waals surface area contributed by atoms with Crippen LogP contribution in [-0.4, -0.2) is 28.7 Å². The van der Waals surface area contributed by atoms with E-state index in [0.717, 1.165) is 40.8 Å². The molecule has 0 spiro atoms. The standard InChI is InChI=1S/C23H32N2O3S/c1-23(2,3)17-7-9-18(10-8-17)28-19-6-4-5-16(13-19)20-15-29-21(25-20)14-24-12-11-22(26)27/h4-6,13,15,17-18,24H,7-12,14H2,1-3H3,(H,26,27)/t17-,18-. The van der Waals surface area contributed by atoms with Crippen LogP contribution in [0.1, 0.15) is 57.9 Å².